The fourth-order valence-corrected chi connectivity index (χ4v) is 4.60. The second-order valence-corrected chi connectivity index (χ2v) is 11.2. The maximum Gasteiger partial charge on any atom is 0.300 e. The number of hydrogen-bond donors (Lipinski definition) is 4. The van der Waals surface area contributed by atoms with E-state index in [1.165, 1.54) is 141 Å². The number of hydrogen-bond acceptors (Lipinski definition) is 6. The summed E-state index contributed by atoms with van der Waals surface area (Å²) in [7, 11) is 0. The van der Waals surface area contributed by atoms with E-state index in [-0.39, 0.29) is 19.8 Å². The first-order valence-corrected chi connectivity index (χ1v) is 17.3. The molecule has 7 heteroatoms. The Morgan fingerprint density at radius 3 is 0.927 bits per heavy atom. The molecule has 7 nitrogen and oxygen atoms in total. The van der Waals surface area contributed by atoms with Crippen LogP contribution in [0.3, 0.4) is 0 Å². The van der Waals surface area contributed by atoms with Crippen molar-refractivity contribution >= 4 is 5.97 Å². The molecule has 0 aliphatic rings. The van der Waals surface area contributed by atoms with Gasteiger partial charge in [-0.15, -0.1) is 0 Å². The van der Waals surface area contributed by atoms with Gasteiger partial charge in [0.15, 0.2) is 0 Å². The number of ether oxygens (including phenoxy) is 1. The minimum absolute atomic E-state index is 0.0694. The quantitative estimate of drug-likeness (QED) is 0.0627. The summed E-state index contributed by atoms with van der Waals surface area (Å²) in [6.45, 7) is 9.41. The van der Waals surface area contributed by atoms with Gasteiger partial charge >= 0.3 is 0 Å². The van der Waals surface area contributed by atoms with E-state index in [4.69, 9.17) is 30.0 Å². The van der Waals surface area contributed by atoms with Gasteiger partial charge in [-0.25, -0.2) is 0 Å². The molecule has 250 valence electrons. The van der Waals surface area contributed by atoms with E-state index in [1.807, 2.05) is 0 Å². The Balaban J connectivity index is -0.000000847. The van der Waals surface area contributed by atoms with Gasteiger partial charge in [-0.3, -0.25) is 9.69 Å². The van der Waals surface area contributed by atoms with Crippen molar-refractivity contribution in [3.63, 3.8) is 0 Å². The maximum absolute atomic E-state index is 9.00. The molecule has 0 saturated carbocycles. The van der Waals surface area contributed by atoms with Crippen LogP contribution in [0.1, 0.15) is 162 Å². The number of carbonyl (C=O) groups is 1. The van der Waals surface area contributed by atoms with Crippen LogP contribution in [0.25, 0.3) is 0 Å². The number of rotatable bonds is 30. The first kappa shape index (κ1) is 44.7. The summed E-state index contributed by atoms with van der Waals surface area (Å²) in [6, 6.07) is 0. The average Bonchev–Trinajstić information content (AvgIpc) is 2.94. The van der Waals surface area contributed by atoms with Crippen LogP contribution in [0.5, 0.6) is 0 Å². The molecule has 0 aliphatic carbocycles. The molecule has 0 aromatic carbocycles. The van der Waals surface area contributed by atoms with Gasteiger partial charge in [0.2, 0.25) is 0 Å². The number of nitrogens with zero attached hydrogens (tertiary/aromatic N) is 1. The molecular weight excluding hydrogens is 518 g/mol. The molecular formula is C34H73NO6. The van der Waals surface area contributed by atoms with Crippen molar-refractivity contribution in [3.05, 3.63) is 0 Å². The summed E-state index contributed by atoms with van der Waals surface area (Å²) in [5.74, 6) is -0.833. The maximum atomic E-state index is 9.00. The van der Waals surface area contributed by atoms with Crippen LogP contribution in [0.15, 0.2) is 0 Å². The van der Waals surface area contributed by atoms with Crippen LogP contribution in [0, 0.1) is 0 Å². The zero-order chi connectivity index (χ0) is 31.1. The average molecular weight is 592 g/mol. The number of aliphatic hydroxyl groups is 3. The van der Waals surface area contributed by atoms with E-state index in [2.05, 4.69) is 13.8 Å². The summed E-state index contributed by atoms with van der Waals surface area (Å²) >= 11 is 0. The molecule has 0 aromatic heterocycles. The van der Waals surface area contributed by atoms with E-state index >= 15 is 0 Å². The van der Waals surface area contributed by atoms with Gasteiger partial charge in [0.1, 0.15) is 0 Å². The zero-order valence-electron chi connectivity index (χ0n) is 27.8. The SMILES string of the molecule is CC(=O)O.CCCCCCCCCCCCCOCCCCCCCCCCCCC.OCCN(CCO)CCO. The van der Waals surface area contributed by atoms with E-state index in [0.717, 1.165) is 20.1 Å². The number of aliphatic carboxylic acids is 1. The minimum atomic E-state index is -0.833. The highest BCUT2D eigenvalue weighted by atomic mass is 16.5. The van der Waals surface area contributed by atoms with Crippen LogP contribution < -0.4 is 0 Å². The Labute approximate surface area is 255 Å². The summed E-state index contributed by atoms with van der Waals surface area (Å²) in [6.07, 6.45) is 31.1. The van der Waals surface area contributed by atoms with Gasteiger partial charge in [0.25, 0.3) is 5.97 Å². The van der Waals surface area contributed by atoms with Crippen LogP contribution in [0.2, 0.25) is 0 Å². The van der Waals surface area contributed by atoms with E-state index in [9.17, 15) is 0 Å². The summed E-state index contributed by atoms with van der Waals surface area (Å²) < 4.78 is 5.80. The van der Waals surface area contributed by atoms with Crippen LogP contribution in [0.4, 0.5) is 0 Å². The van der Waals surface area contributed by atoms with Gasteiger partial charge in [-0.05, 0) is 12.8 Å². The topological polar surface area (TPSA) is 110 Å². The van der Waals surface area contributed by atoms with Crippen LogP contribution in [-0.4, -0.2) is 84.0 Å². The highest BCUT2D eigenvalue weighted by Crippen LogP contribution is 2.12. The summed E-state index contributed by atoms with van der Waals surface area (Å²) in [4.78, 5) is 10.8. The third kappa shape index (κ3) is 52.4. The van der Waals surface area contributed by atoms with Gasteiger partial charge in [0.05, 0.1) is 19.8 Å². The predicted molar refractivity (Wildman–Crippen MR) is 175 cm³/mol. The highest BCUT2D eigenvalue weighted by Gasteiger charge is 2.00. The van der Waals surface area contributed by atoms with E-state index < -0.39 is 5.97 Å². The first-order chi connectivity index (χ1) is 20.0. The first-order valence-electron chi connectivity index (χ1n) is 17.3. The number of carboxylic acids is 1. The number of unbranched alkanes of at least 4 members (excludes halogenated alkanes) is 20. The Bertz CT molecular complexity index is 411. The van der Waals surface area contributed by atoms with Crippen molar-refractivity contribution in [2.24, 2.45) is 0 Å². The van der Waals surface area contributed by atoms with Gasteiger partial charge in [-0.1, -0.05) is 142 Å². The lowest BCUT2D eigenvalue weighted by Gasteiger charge is -2.17. The number of aliphatic hydroxyl groups excluding tert-OH is 3. The number of carboxylic acid groups (broad SMARTS) is 1. The van der Waals surface area contributed by atoms with E-state index in [1.54, 1.807) is 4.90 Å². The van der Waals surface area contributed by atoms with Crippen molar-refractivity contribution in [2.75, 3.05) is 52.7 Å². The highest BCUT2D eigenvalue weighted by molar-refractivity contribution is 5.62. The molecule has 0 fully saturated rings. The molecule has 0 aromatic rings. The Hall–Kier alpha value is -0.730. The molecule has 41 heavy (non-hydrogen) atoms. The van der Waals surface area contributed by atoms with Crippen molar-refractivity contribution in [3.8, 4) is 0 Å². The van der Waals surface area contributed by atoms with Crippen molar-refractivity contribution < 1.29 is 30.0 Å². The van der Waals surface area contributed by atoms with Crippen LogP contribution in [-0.2, 0) is 9.53 Å². The monoisotopic (exact) mass is 592 g/mol. The lowest BCUT2D eigenvalue weighted by atomic mass is 10.1. The lowest BCUT2D eigenvalue weighted by Crippen LogP contribution is -2.32. The summed E-state index contributed by atoms with van der Waals surface area (Å²) in [5.41, 5.74) is 0. The Morgan fingerprint density at radius 2 is 0.707 bits per heavy atom. The smallest absolute Gasteiger partial charge is 0.300 e. The fourth-order valence-electron chi connectivity index (χ4n) is 4.60. The van der Waals surface area contributed by atoms with Gasteiger partial charge < -0.3 is 25.2 Å². The Morgan fingerprint density at radius 1 is 0.488 bits per heavy atom. The summed E-state index contributed by atoms with van der Waals surface area (Å²) in [5, 5.41) is 32.9. The molecule has 0 radical (unpaired) electrons. The molecule has 0 amide bonds. The van der Waals surface area contributed by atoms with Crippen molar-refractivity contribution in [2.45, 2.75) is 162 Å². The second kappa shape index (κ2) is 43.7. The largest absolute Gasteiger partial charge is 0.481 e. The second-order valence-electron chi connectivity index (χ2n) is 11.2. The molecule has 0 saturated heterocycles. The molecule has 0 atom stereocenters. The standard InChI is InChI=1S/C26H54O.C6H15NO3.C2H4O2/c1-3-5-7-9-11-13-15-17-19-21-23-25-27-26-24-22-20-18-16-14-12-10-8-6-4-2;8-4-1-7(2-5-9)3-6-10;1-2(3)4/h3-26H2,1-2H3;8-10H,1-6H2;1H3,(H,3,4). The van der Waals surface area contributed by atoms with Crippen molar-refractivity contribution in [1.29, 1.82) is 0 Å². The zero-order valence-corrected chi connectivity index (χ0v) is 27.8. The van der Waals surface area contributed by atoms with Crippen molar-refractivity contribution in [1.82, 2.24) is 4.90 Å². The molecule has 0 heterocycles. The van der Waals surface area contributed by atoms with Gasteiger partial charge in [-0.2, -0.15) is 0 Å². The van der Waals surface area contributed by atoms with Gasteiger partial charge in [0, 0.05) is 39.8 Å². The fraction of sp³-hybridized carbons (Fsp3) is 0.971. The molecule has 0 aliphatic heterocycles. The van der Waals surface area contributed by atoms with E-state index in [0.29, 0.717) is 19.6 Å². The normalized spacial score (nSPS) is 10.7. The third-order valence-corrected chi connectivity index (χ3v) is 7.03. The predicted octanol–water partition coefficient (Wildman–Crippen LogP) is 7.98. The molecule has 0 bridgehead atoms. The molecule has 0 spiro atoms. The molecule has 4 N–H and O–H groups in total. The molecule has 0 rings (SSSR count). The Kier molecular flexibility index (Phi) is 47.7. The molecule has 0 unspecified atom stereocenters. The third-order valence-electron chi connectivity index (χ3n) is 7.03. The lowest BCUT2D eigenvalue weighted by molar-refractivity contribution is -0.134. The minimum Gasteiger partial charge on any atom is -0.481 e. The van der Waals surface area contributed by atoms with Crippen LogP contribution >= 0.6 is 0 Å².